The molecule has 3 aliphatic rings. The van der Waals surface area contributed by atoms with Crippen LogP contribution < -0.4 is 10.6 Å². The Hall–Kier alpha value is -1.59. The van der Waals surface area contributed by atoms with Crippen LogP contribution in [0.5, 0.6) is 0 Å². The Labute approximate surface area is 142 Å². The molecule has 23 heavy (non-hydrogen) atoms. The van der Waals surface area contributed by atoms with Gasteiger partial charge in [0.05, 0.1) is 0 Å². The van der Waals surface area contributed by atoms with Crippen LogP contribution in [0, 0.1) is 5.92 Å². The highest BCUT2D eigenvalue weighted by Crippen LogP contribution is 2.27. The van der Waals surface area contributed by atoms with Gasteiger partial charge in [0.25, 0.3) is 0 Å². The quantitative estimate of drug-likeness (QED) is 0.753. The SMILES string of the molecule is S=C(NCCc1c[nH]c2ccccc12)N[C@@H]1CN2CCC1CC2. The number of aromatic amines is 1. The van der Waals surface area contributed by atoms with Crippen LogP contribution in [-0.4, -0.2) is 47.2 Å². The van der Waals surface area contributed by atoms with E-state index < -0.39 is 0 Å². The zero-order valence-electron chi connectivity index (χ0n) is 13.3. The second-order valence-electron chi connectivity index (χ2n) is 6.75. The molecule has 2 aromatic rings. The van der Waals surface area contributed by atoms with Crippen molar-refractivity contribution in [3.8, 4) is 0 Å². The van der Waals surface area contributed by atoms with Crippen LogP contribution in [0.15, 0.2) is 30.5 Å². The highest BCUT2D eigenvalue weighted by molar-refractivity contribution is 7.80. The number of thiocarbonyl (C=S) groups is 1. The van der Waals surface area contributed by atoms with E-state index in [4.69, 9.17) is 12.2 Å². The molecule has 2 bridgehead atoms. The third-order valence-electron chi connectivity index (χ3n) is 5.33. The number of hydrogen-bond donors (Lipinski definition) is 3. The van der Waals surface area contributed by atoms with Crippen molar-refractivity contribution >= 4 is 28.2 Å². The van der Waals surface area contributed by atoms with Crippen molar-refractivity contribution in [2.45, 2.75) is 25.3 Å². The van der Waals surface area contributed by atoms with Crippen LogP contribution in [0.1, 0.15) is 18.4 Å². The standard InChI is InChI=1S/C18H24N4S/c23-18(21-17-12-22-9-6-13(17)7-10-22)19-8-5-14-11-20-16-4-2-1-3-15(14)16/h1-4,11,13,17,20H,5-10,12H2,(H2,19,21,23)/t17-/m1/s1. The summed E-state index contributed by atoms with van der Waals surface area (Å²) in [5.74, 6) is 0.799. The fraction of sp³-hybridized carbons (Fsp3) is 0.500. The minimum atomic E-state index is 0.533. The zero-order valence-corrected chi connectivity index (χ0v) is 14.2. The summed E-state index contributed by atoms with van der Waals surface area (Å²) in [5.41, 5.74) is 2.55. The first-order valence-electron chi connectivity index (χ1n) is 8.61. The summed E-state index contributed by atoms with van der Waals surface area (Å²) in [6.07, 6.45) is 5.72. The van der Waals surface area contributed by atoms with Crippen molar-refractivity contribution in [3.63, 3.8) is 0 Å². The summed E-state index contributed by atoms with van der Waals surface area (Å²) in [7, 11) is 0. The second-order valence-corrected chi connectivity index (χ2v) is 7.16. The minimum absolute atomic E-state index is 0.533. The molecular formula is C18H24N4S. The number of hydrogen-bond acceptors (Lipinski definition) is 2. The molecule has 3 N–H and O–H groups in total. The van der Waals surface area contributed by atoms with Gasteiger partial charge in [-0.1, -0.05) is 18.2 Å². The van der Waals surface area contributed by atoms with Gasteiger partial charge in [0.2, 0.25) is 0 Å². The lowest BCUT2D eigenvalue weighted by molar-refractivity contribution is 0.0812. The molecule has 3 aliphatic heterocycles. The first-order chi connectivity index (χ1) is 11.3. The Bertz CT molecular complexity index is 687. The van der Waals surface area contributed by atoms with Gasteiger partial charge in [0, 0.05) is 36.2 Å². The largest absolute Gasteiger partial charge is 0.362 e. The smallest absolute Gasteiger partial charge is 0.166 e. The maximum absolute atomic E-state index is 5.49. The molecule has 4 heterocycles. The third kappa shape index (κ3) is 3.21. The van der Waals surface area contributed by atoms with Crippen molar-refractivity contribution in [3.05, 3.63) is 36.0 Å². The molecule has 0 amide bonds. The van der Waals surface area contributed by atoms with Crippen molar-refractivity contribution in [1.29, 1.82) is 0 Å². The molecule has 0 unspecified atom stereocenters. The van der Waals surface area contributed by atoms with Crippen LogP contribution in [0.3, 0.4) is 0 Å². The molecule has 0 radical (unpaired) electrons. The van der Waals surface area contributed by atoms with E-state index in [2.05, 4.69) is 51.0 Å². The van der Waals surface area contributed by atoms with E-state index in [9.17, 15) is 0 Å². The van der Waals surface area contributed by atoms with E-state index in [0.717, 1.165) is 30.5 Å². The maximum Gasteiger partial charge on any atom is 0.166 e. The van der Waals surface area contributed by atoms with E-state index in [1.165, 1.54) is 42.4 Å². The van der Waals surface area contributed by atoms with Gasteiger partial charge in [0.15, 0.2) is 5.11 Å². The number of nitrogens with zero attached hydrogens (tertiary/aromatic N) is 1. The van der Waals surface area contributed by atoms with Crippen molar-refractivity contribution in [2.75, 3.05) is 26.2 Å². The van der Waals surface area contributed by atoms with Crippen LogP contribution in [0.25, 0.3) is 10.9 Å². The van der Waals surface area contributed by atoms with Gasteiger partial charge in [-0.2, -0.15) is 0 Å². The average molecular weight is 328 g/mol. The molecular weight excluding hydrogens is 304 g/mol. The third-order valence-corrected chi connectivity index (χ3v) is 5.59. The fourth-order valence-electron chi connectivity index (χ4n) is 4.00. The number of fused-ring (bicyclic) bond motifs is 4. The normalized spacial score (nSPS) is 26.3. The molecule has 3 saturated heterocycles. The van der Waals surface area contributed by atoms with Crippen molar-refractivity contribution in [2.24, 2.45) is 5.92 Å². The average Bonchev–Trinajstić information content (AvgIpc) is 2.99. The monoisotopic (exact) mass is 328 g/mol. The molecule has 0 aliphatic carbocycles. The van der Waals surface area contributed by atoms with Crippen molar-refractivity contribution < 1.29 is 0 Å². The van der Waals surface area contributed by atoms with Gasteiger partial charge in [-0.15, -0.1) is 0 Å². The molecule has 4 nitrogen and oxygen atoms in total. The number of benzene rings is 1. The molecule has 1 aromatic carbocycles. The second kappa shape index (κ2) is 6.49. The van der Waals surface area contributed by atoms with Gasteiger partial charge in [-0.3, -0.25) is 0 Å². The summed E-state index contributed by atoms with van der Waals surface area (Å²) in [6, 6.07) is 8.97. The Morgan fingerprint density at radius 1 is 1.26 bits per heavy atom. The molecule has 0 spiro atoms. The molecule has 3 fully saturated rings. The molecule has 1 aromatic heterocycles. The van der Waals surface area contributed by atoms with E-state index >= 15 is 0 Å². The number of nitrogens with one attached hydrogen (secondary N) is 3. The first kappa shape index (κ1) is 15.0. The van der Waals surface area contributed by atoms with E-state index in [-0.39, 0.29) is 0 Å². The molecule has 122 valence electrons. The topological polar surface area (TPSA) is 43.1 Å². The van der Waals surface area contributed by atoms with Crippen LogP contribution in [0.4, 0.5) is 0 Å². The zero-order chi connectivity index (χ0) is 15.6. The Kier molecular flexibility index (Phi) is 4.23. The van der Waals surface area contributed by atoms with Gasteiger partial charge >= 0.3 is 0 Å². The van der Waals surface area contributed by atoms with Gasteiger partial charge < -0.3 is 20.5 Å². The maximum atomic E-state index is 5.49. The number of rotatable bonds is 4. The highest BCUT2D eigenvalue weighted by atomic mass is 32.1. The van der Waals surface area contributed by atoms with Crippen LogP contribution in [-0.2, 0) is 6.42 Å². The Morgan fingerprint density at radius 3 is 2.87 bits per heavy atom. The highest BCUT2D eigenvalue weighted by Gasteiger charge is 2.34. The van der Waals surface area contributed by atoms with Gasteiger partial charge in [-0.25, -0.2) is 0 Å². The summed E-state index contributed by atoms with van der Waals surface area (Å²) in [6.45, 7) is 4.55. The Morgan fingerprint density at radius 2 is 2.09 bits per heavy atom. The lowest BCUT2D eigenvalue weighted by atomic mass is 9.84. The van der Waals surface area contributed by atoms with E-state index in [1.807, 2.05) is 0 Å². The summed E-state index contributed by atoms with van der Waals surface area (Å²) in [4.78, 5) is 5.88. The first-order valence-corrected chi connectivity index (χ1v) is 9.02. The van der Waals surface area contributed by atoms with Crippen LogP contribution in [0.2, 0.25) is 0 Å². The lowest BCUT2D eigenvalue weighted by Gasteiger charge is -2.45. The minimum Gasteiger partial charge on any atom is -0.362 e. The summed E-state index contributed by atoms with van der Waals surface area (Å²) >= 11 is 5.49. The van der Waals surface area contributed by atoms with E-state index in [1.54, 1.807) is 0 Å². The number of H-pyrrole nitrogens is 1. The van der Waals surface area contributed by atoms with E-state index in [0.29, 0.717) is 6.04 Å². The van der Waals surface area contributed by atoms with Crippen molar-refractivity contribution in [1.82, 2.24) is 20.5 Å². The van der Waals surface area contributed by atoms with Gasteiger partial charge in [0.1, 0.15) is 0 Å². The number of para-hydroxylation sites is 1. The fourth-order valence-corrected chi connectivity index (χ4v) is 4.25. The predicted octanol–water partition coefficient (Wildman–Crippen LogP) is 2.27. The molecule has 5 rings (SSSR count). The lowest BCUT2D eigenvalue weighted by Crippen LogP contribution is -2.58. The molecule has 1 atom stereocenters. The number of piperidine rings is 3. The predicted molar refractivity (Wildman–Crippen MR) is 98.7 cm³/mol. The Balaban J connectivity index is 1.27. The molecule has 5 heteroatoms. The van der Waals surface area contributed by atoms with Crippen LogP contribution >= 0.6 is 12.2 Å². The number of aromatic nitrogens is 1. The summed E-state index contributed by atoms with van der Waals surface area (Å²) < 4.78 is 0. The molecule has 0 saturated carbocycles. The van der Waals surface area contributed by atoms with Gasteiger partial charge in [-0.05, 0) is 62.1 Å². The summed E-state index contributed by atoms with van der Waals surface area (Å²) in [5, 5.41) is 9.04.